The van der Waals surface area contributed by atoms with E-state index in [2.05, 4.69) is 16.7 Å². The van der Waals surface area contributed by atoms with Gasteiger partial charge in [-0.3, -0.25) is 0 Å². The summed E-state index contributed by atoms with van der Waals surface area (Å²) >= 11 is 0. The minimum absolute atomic E-state index is 0.178. The maximum absolute atomic E-state index is 12.5. The summed E-state index contributed by atoms with van der Waals surface area (Å²) in [5, 5.41) is 0.913. The summed E-state index contributed by atoms with van der Waals surface area (Å²) in [7, 11) is -0.348. The van der Waals surface area contributed by atoms with Crippen LogP contribution in [0, 0.1) is 6.92 Å². The molecule has 0 fully saturated rings. The van der Waals surface area contributed by atoms with E-state index in [1.54, 1.807) is 12.1 Å². The van der Waals surface area contributed by atoms with Crippen molar-refractivity contribution in [1.82, 2.24) is 0 Å². The fourth-order valence-electron chi connectivity index (χ4n) is 3.82. The second-order valence-corrected chi connectivity index (χ2v) is 10.5. The first-order valence-corrected chi connectivity index (χ1v) is 13.3. The first-order chi connectivity index (χ1) is 18.1. The molecule has 38 heavy (non-hydrogen) atoms. The first-order valence-electron chi connectivity index (χ1n) is 11.9. The van der Waals surface area contributed by atoms with Gasteiger partial charge in [-0.15, -0.1) is 0 Å². The third kappa shape index (κ3) is 6.73. The number of nitrogens with zero attached hydrogens (tertiary/aromatic N) is 2. The minimum Gasteiger partial charge on any atom is -0.744 e. The zero-order valence-electron chi connectivity index (χ0n) is 21.4. The quantitative estimate of drug-likeness (QED) is 0.185. The average Bonchev–Trinajstić information content (AvgIpc) is 2.89. The summed E-state index contributed by atoms with van der Waals surface area (Å²) in [4.78, 5) is 14.3. The number of aryl methyl sites for hydroxylation is 1. The van der Waals surface area contributed by atoms with E-state index >= 15 is 0 Å². The van der Waals surface area contributed by atoms with Crippen LogP contribution in [0.15, 0.2) is 117 Å². The van der Waals surface area contributed by atoms with Gasteiger partial charge in [0.1, 0.15) is 15.7 Å². The van der Waals surface area contributed by atoms with Gasteiger partial charge in [0.2, 0.25) is 0 Å². The second-order valence-electron chi connectivity index (χ2n) is 9.08. The Morgan fingerprint density at radius 3 is 2.13 bits per heavy atom. The van der Waals surface area contributed by atoms with E-state index < -0.39 is 10.1 Å². The summed E-state index contributed by atoms with van der Waals surface area (Å²) in [6.07, 6.45) is 3.97. The molecule has 0 unspecified atom stereocenters. The topological polar surface area (TPSA) is 94.5 Å². The van der Waals surface area contributed by atoms with Crippen LogP contribution < -0.4 is 15.1 Å². The molecule has 0 saturated heterocycles. The van der Waals surface area contributed by atoms with Gasteiger partial charge in [0, 0.05) is 54.5 Å². The molecule has 0 saturated carbocycles. The van der Waals surface area contributed by atoms with Crippen molar-refractivity contribution in [3.05, 3.63) is 125 Å². The molecule has 194 valence electrons. The highest BCUT2D eigenvalue weighted by molar-refractivity contribution is 7.85. The summed E-state index contributed by atoms with van der Waals surface area (Å²) in [5.41, 5.74) is 4.87. The van der Waals surface area contributed by atoms with Crippen LogP contribution in [0.5, 0.6) is 0 Å². The molecule has 0 aliphatic heterocycles. The van der Waals surface area contributed by atoms with Crippen molar-refractivity contribution < 1.29 is 22.0 Å². The highest BCUT2D eigenvalue weighted by Crippen LogP contribution is 2.24. The van der Waals surface area contributed by atoms with Gasteiger partial charge < -0.3 is 13.9 Å². The van der Waals surface area contributed by atoms with E-state index in [4.69, 9.17) is 4.42 Å². The molecule has 3 aromatic carbocycles. The number of pyridine rings is 1. The zero-order chi connectivity index (χ0) is 27.3. The van der Waals surface area contributed by atoms with Crippen LogP contribution in [-0.4, -0.2) is 27.1 Å². The molecule has 0 bridgehead atoms. The Morgan fingerprint density at radius 2 is 1.53 bits per heavy atom. The van der Waals surface area contributed by atoms with Gasteiger partial charge in [0.15, 0.2) is 18.9 Å². The van der Waals surface area contributed by atoms with Crippen LogP contribution >= 0.6 is 0 Å². The number of fused-ring (bicyclic) bond motifs is 1. The molecule has 2 heterocycles. The monoisotopic (exact) mass is 528 g/mol. The number of rotatable bonds is 5. The lowest BCUT2D eigenvalue weighted by Gasteiger charge is -2.12. The fraction of sp³-hybridized carbons (Fsp3) is 0.133. The molecule has 0 N–H and O–H groups in total. The van der Waals surface area contributed by atoms with E-state index in [9.17, 15) is 17.8 Å². The molecule has 5 rings (SSSR count). The molecule has 0 aliphatic carbocycles. The van der Waals surface area contributed by atoms with Gasteiger partial charge in [0.05, 0.1) is 10.5 Å². The van der Waals surface area contributed by atoms with Crippen LogP contribution in [0.3, 0.4) is 0 Å². The Labute approximate surface area is 222 Å². The van der Waals surface area contributed by atoms with Crippen LogP contribution in [-0.2, 0) is 16.7 Å². The van der Waals surface area contributed by atoms with Crippen LogP contribution in [0.1, 0.15) is 11.1 Å². The summed E-state index contributed by atoms with van der Waals surface area (Å²) in [5.74, 6) is 0. The lowest BCUT2D eigenvalue weighted by Crippen LogP contribution is -2.33. The van der Waals surface area contributed by atoms with E-state index in [0.29, 0.717) is 11.1 Å². The van der Waals surface area contributed by atoms with Gasteiger partial charge in [0.25, 0.3) is 0 Å². The van der Waals surface area contributed by atoms with Crippen molar-refractivity contribution >= 4 is 26.8 Å². The lowest BCUT2D eigenvalue weighted by molar-refractivity contribution is -0.688. The van der Waals surface area contributed by atoms with Gasteiger partial charge in [-0.1, -0.05) is 48.0 Å². The Hall–Kier alpha value is -4.27. The van der Waals surface area contributed by atoms with Crippen molar-refractivity contribution in [2.24, 2.45) is 0 Å². The van der Waals surface area contributed by atoms with Gasteiger partial charge >= 0.3 is 5.63 Å². The molecule has 0 aliphatic rings. The summed E-state index contributed by atoms with van der Waals surface area (Å²) < 4.78 is 38.8. The van der Waals surface area contributed by atoms with E-state index in [-0.39, 0.29) is 10.5 Å². The maximum Gasteiger partial charge on any atom is 0.344 e. The molecule has 8 heteroatoms. The first kappa shape index (κ1) is 26.8. The Balaban J connectivity index is 0.000000257. The number of aromatic nitrogens is 1. The Bertz CT molecular complexity index is 1690. The molecule has 7 nitrogen and oxygen atoms in total. The van der Waals surface area contributed by atoms with E-state index in [0.717, 1.165) is 28.7 Å². The van der Waals surface area contributed by atoms with Crippen molar-refractivity contribution in [3.63, 3.8) is 0 Å². The molecule has 2 aromatic heterocycles. The average molecular weight is 529 g/mol. The number of benzene rings is 3. The Morgan fingerprint density at radius 1 is 0.868 bits per heavy atom. The predicted octanol–water partition coefficient (Wildman–Crippen LogP) is 4.76. The molecular formula is C30H28N2O5S. The number of anilines is 1. The predicted molar refractivity (Wildman–Crippen MR) is 147 cm³/mol. The van der Waals surface area contributed by atoms with Gasteiger partial charge in [-0.05, 0) is 37.3 Å². The van der Waals surface area contributed by atoms with Crippen molar-refractivity contribution in [2.75, 3.05) is 19.0 Å². The highest BCUT2D eigenvalue weighted by Gasteiger charge is 2.11. The van der Waals surface area contributed by atoms with Crippen molar-refractivity contribution in [2.45, 2.75) is 18.4 Å². The standard InChI is InChI=1S/C23H21N2O2.C7H8O3S/c1-24(2)20-9-8-19-14-21(23(26)27-22(19)15-20)18-10-12-25(13-11-18)16-17-6-4-3-5-7-17;1-6-2-4-7(5-3-6)11(8,9)10/h3-15H,16H2,1-2H3;2-5H,1H3,(H,8,9,10)/q+1;/p-1. The molecule has 0 amide bonds. The molecular weight excluding hydrogens is 500 g/mol. The maximum atomic E-state index is 12.5. The summed E-state index contributed by atoms with van der Waals surface area (Å²) in [6.45, 7) is 2.61. The van der Waals surface area contributed by atoms with Crippen molar-refractivity contribution in [3.8, 4) is 11.1 Å². The van der Waals surface area contributed by atoms with E-state index in [1.165, 1.54) is 17.7 Å². The third-order valence-corrected chi connectivity index (χ3v) is 6.81. The van der Waals surface area contributed by atoms with Crippen LogP contribution in [0.25, 0.3) is 22.1 Å². The SMILES string of the molecule is CN(C)c1ccc2cc(-c3cc[n+](Cc4ccccc4)cc3)c(=O)oc2c1.Cc1ccc(S(=O)(=O)[O-])cc1. The fourth-order valence-corrected chi connectivity index (χ4v) is 4.29. The molecule has 5 aromatic rings. The third-order valence-electron chi connectivity index (χ3n) is 5.96. The lowest BCUT2D eigenvalue weighted by atomic mass is 10.1. The molecule has 0 atom stereocenters. The minimum atomic E-state index is -4.27. The Kier molecular flexibility index (Phi) is 8.05. The van der Waals surface area contributed by atoms with Crippen LogP contribution in [0.4, 0.5) is 5.69 Å². The van der Waals surface area contributed by atoms with Gasteiger partial charge in [-0.25, -0.2) is 17.8 Å². The molecule has 0 spiro atoms. The number of hydrogen-bond acceptors (Lipinski definition) is 6. The van der Waals surface area contributed by atoms with E-state index in [1.807, 2.05) is 92.9 Å². The second kappa shape index (κ2) is 11.4. The summed E-state index contributed by atoms with van der Waals surface area (Å²) in [6, 6.07) is 27.8. The largest absolute Gasteiger partial charge is 0.744 e. The van der Waals surface area contributed by atoms with Crippen LogP contribution in [0.2, 0.25) is 0 Å². The smallest absolute Gasteiger partial charge is 0.344 e. The normalized spacial score (nSPS) is 11.1. The molecule has 0 radical (unpaired) electrons. The zero-order valence-corrected chi connectivity index (χ0v) is 22.2. The number of hydrogen-bond donors (Lipinski definition) is 0. The van der Waals surface area contributed by atoms with Crippen molar-refractivity contribution in [1.29, 1.82) is 0 Å². The highest BCUT2D eigenvalue weighted by atomic mass is 32.2. The van der Waals surface area contributed by atoms with Gasteiger partial charge in [-0.2, -0.15) is 0 Å².